The monoisotopic (exact) mass is 353 g/mol. The van der Waals surface area contributed by atoms with Crippen molar-refractivity contribution in [2.24, 2.45) is 0 Å². The molecule has 3 rings (SSSR count). The summed E-state index contributed by atoms with van der Waals surface area (Å²) in [6, 6.07) is 11.0. The average molecular weight is 353 g/mol. The molecule has 0 radical (unpaired) electrons. The van der Waals surface area contributed by atoms with Crippen molar-refractivity contribution in [3.8, 4) is 11.8 Å². The van der Waals surface area contributed by atoms with E-state index in [2.05, 4.69) is 11.0 Å². The lowest BCUT2D eigenvalue weighted by atomic mass is 10.2. The number of nitrogens with zero attached hydrogens (tertiary/aromatic N) is 3. The van der Waals surface area contributed by atoms with Crippen LogP contribution in [0.3, 0.4) is 0 Å². The summed E-state index contributed by atoms with van der Waals surface area (Å²) in [5, 5.41) is 8.79. The summed E-state index contributed by atoms with van der Waals surface area (Å²) in [6.07, 6.45) is 0. The predicted octanol–water partition coefficient (Wildman–Crippen LogP) is 2.60. The summed E-state index contributed by atoms with van der Waals surface area (Å²) < 4.78 is 11.2. The number of rotatable bonds is 5. The molecule has 2 aromatic rings. The van der Waals surface area contributed by atoms with Crippen LogP contribution < -0.4 is 4.74 Å². The van der Waals surface area contributed by atoms with Gasteiger partial charge >= 0.3 is 0 Å². The highest BCUT2D eigenvalue weighted by molar-refractivity contribution is 5.95. The Labute approximate surface area is 153 Å². The van der Waals surface area contributed by atoms with Crippen LogP contribution in [0.2, 0.25) is 0 Å². The van der Waals surface area contributed by atoms with E-state index in [9.17, 15) is 4.79 Å². The SMILES string of the molecule is Cc1cc(C(=O)N2CCN(CCOc3ccc(C#N)cc3)CC2)c(C)o1. The number of amides is 1. The number of aryl methyl sites for hydroxylation is 2. The van der Waals surface area contributed by atoms with Gasteiger partial charge in [-0.1, -0.05) is 0 Å². The molecule has 6 heteroatoms. The number of benzene rings is 1. The maximum atomic E-state index is 12.6. The van der Waals surface area contributed by atoms with E-state index in [1.165, 1.54) is 0 Å². The second-order valence-electron chi connectivity index (χ2n) is 6.45. The Morgan fingerprint density at radius 3 is 2.46 bits per heavy atom. The zero-order valence-corrected chi connectivity index (χ0v) is 15.2. The first-order valence-corrected chi connectivity index (χ1v) is 8.78. The van der Waals surface area contributed by atoms with Crippen LogP contribution in [0.1, 0.15) is 27.4 Å². The first-order valence-electron chi connectivity index (χ1n) is 8.78. The van der Waals surface area contributed by atoms with Crippen molar-refractivity contribution in [2.75, 3.05) is 39.3 Å². The Balaban J connectivity index is 1.43. The van der Waals surface area contributed by atoms with Crippen LogP contribution in [-0.2, 0) is 0 Å². The zero-order chi connectivity index (χ0) is 18.5. The molecule has 0 N–H and O–H groups in total. The third-order valence-corrected chi connectivity index (χ3v) is 4.59. The van der Waals surface area contributed by atoms with E-state index in [0.717, 1.165) is 31.1 Å². The largest absolute Gasteiger partial charge is 0.492 e. The number of furan rings is 1. The maximum absolute atomic E-state index is 12.6. The lowest BCUT2D eigenvalue weighted by Crippen LogP contribution is -2.49. The van der Waals surface area contributed by atoms with Crippen molar-refractivity contribution in [1.82, 2.24) is 9.80 Å². The van der Waals surface area contributed by atoms with E-state index in [4.69, 9.17) is 14.4 Å². The number of piperazine rings is 1. The van der Waals surface area contributed by atoms with Crippen molar-refractivity contribution < 1.29 is 13.9 Å². The van der Waals surface area contributed by atoms with Gasteiger partial charge in [-0.3, -0.25) is 9.69 Å². The number of nitriles is 1. The van der Waals surface area contributed by atoms with E-state index in [0.29, 0.717) is 36.6 Å². The zero-order valence-electron chi connectivity index (χ0n) is 15.2. The van der Waals surface area contributed by atoms with Crippen molar-refractivity contribution in [3.63, 3.8) is 0 Å². The Morgan fingerprint density at radius 1 is 1.19 bits per heavy atom. The van der Waals surface area contributed by atoms with Crippen molar-refractivity contribution >= 4 is 5.91 Å². The molecule has 1 saturated heterocycles. The molecule has 1 aliphatic heterocycles. The van der Waals surface area contributed by atoms with E-state index in [-0.39, 0.29) is 5.91 Å². The molecule has 1 amide bonds. The molecule has 1 aliphatic rings. The number of carbonyl (C=O) groups is 1. The van der Waals surface area contributed by atoms with E-state index in [1.807, 2.05) is 36.9 Å². The van der Waals surface area contributed by atoms with Gasteiger partial charge in [0.25, 0.3) is 5.91 Å². The summed E-state index contributed by atoms with van der Waals surface area (Å²) in [5.74, 6) is 2.27. The van der Waals surface area contributed by atoms with Crippen molar-refractivity contribution in [1.29, 1.82) is 5.26 Å². The highest BCUT2D eigenvalue weighted by Gasteiger charge is 2.24. The Bertz CT molecular complexity index is 797. The fourth-order valence-electron chi connectivity index (χ4n) is 3.11. The summed E-state index contributed by atoms with van der Waals surface area (Å²) >= 11 is 0. The van der Waals surface area contributed by atoms with Gasteiger partial charge in [-0.25, -0.2) is 0 Å². The predicted molar refractivity (Wildman–Crippen MR) is 97.2 cm³/mol. The van der Waals surface area contributed by atoms with E-state index < -0.39 is 0 Å². The van der Waals surface area contributed by atoms with Crippen molar-refractivity contribution in [3.05, 3.63) is 53.0 Å². The van der Waals surface area contributed by atoms with Gasteiger partial charge in [0.2, 0.25) is 0 Å². The summed E-state index contributed by atoms with van der Waals surface area (Å²) in [4.78, 5) is 16.8. The number of hydrogen-bond donors (Lipinski definition) is 0. The van der Waals surface area contributed by atoms with Crippen LogP contribution in [0.15, 0.2) is 34.7 Å². The molecular formula is C20H23N3O3. The number of hydrogen-bond acceptors (Lipinski definition) is 5. The van der Waals surface area contributed by atoms with Gasteiger partial charge < -0.3 is 14.1 Å². The molecule has 0 spiro atoms. The smallest absolute Gasteiger partial charge is 0.257 e. The van der Waals surface area contributed by atoms with E-state index >= 15 is 0 Å². The van der Waals surface area contributed by atoms with Crippen LogP contribution >= 0.6 is 0 Å². The molecular weight excluding hydrogens is 330 g/mol. The summed E-state index contributed by atoms with van der Waals surface area (Å²) in [6.45, 7) is 8.16. The van der Waals surface area contributed by atoms with E-state index in [1.54, 1.807) is 12.1 Å². The molecule has 6 nitrogen and oxygen atoms in total. The lowest BCUT2D eigenvalue weighted by Gasteiger charge is -2.34. The minimum atomic E-state index is 0.0489. The molecule has 0 unspecified atom stereocenters. The van der Waals surface area contributed by atoms with Gasteiger partial charge in [0.15, 0.2) is 0 Å². The van der Waals surface area contributed by atoms with Gasteiger partial charge in [-0.15, -0.1) is 0 Å². The van der Waals surface area contributed by atoms with Crippen LogP contribution in [-0.4, -0.2) is 55.0 Å². The number of ether oxygens (including phenoxy) is 1. The van der Waals surface area contributed by atoms with Gasteiger partial charge in [0.1, 0.15) is 23.9 Å². The molecule has 0 saturated carbocycles. The van der Waals surface area contributed by atoms with Gasteiger partial charge in [-0.2, -0.15) is 5.26 Å². The van der Waals surface area contributed by atoms with Gasteiger partial charge in [0.05, 0.1) is 17.2 Å². The Hall–Kier alpha value is -2.78. The van der Waals surface area contributed by atoms with Crippen LogP contribution in [0.25, 0.3) is 0 Å². The molecule has 1 fully saturated rings. The quantitative estimate of drug-likeness (QED) is 0.826. The second kappa shape index (κ2) is 8.07. The normalized spacial score (nSPS) is 14.9. The lowest BCUT2D eigenvalue weighted by molar-refractivity contribution is 0.0618. The molecule has 1 aromatic carbocycles. The van der Waals surface area contributed by atoms with Gasteiger partial charge in [0, 0.05) is 32.7 Å². The standard InChI is InChI=1S/C20H23N3O3/c1-15-13-19(16(2)26-15)20(24)23-9-7-22(8-10-23)11-12-25-18-5-3-17(14-21)4-6-18/h3-6,13H,7-12H2,1-2H3. The highest BCUT2D eigenvalue weighted by atomic mass is 16.5. The first kappa shape index (κ1) is 18.0. The first-order chi connectivity index (χ1) is 12.6. The van der Waals surface area contributed by atoms with Crippen LogP contribution in [0.5, 0.6) is 5.75 Å². The molecule has 1 aromatic heterocycles. The van der Waals surface area contributed by atoms with Gasteiger partial charge in [-0.05, 0) is 44.2 Å². The third-order valence-electron chi connectivity index (χ3n) is 4.59. The minimum Gasteiger partial charge on any atom is -0.492 e. The topological polar surface area (TPSA) is 69.7 Å². The summed E-state index contributed by atoms with van der Waals surface area (Å²) in [5.41, 5.74) is 1.29. The molecule has 0 aliphatic carbocycles. The maximum Gasteiger partial charge on any atom is 0.257 e. The fraction of sp³-hybridized carbons (Fsp3) is 0.400. The highest BCUT2D eigenvalue weighted by Crippen LogP contribution is 2.17. The third kappa shape index (κ3) is 4.24. The molecule has 0 bridgehead atoms. The molecule has 26 heavy (non-hydrogen) atoms. The Morgan fingerprint density at radius 2 is 1.88 bits per heavy atom. The van der Waals surface area contributed by atoms with Crippen molar-refractivity contribution in [2.45, 2.75) is 13.8 Å². The fourth-order valence-corrected chi connectivity index (χ4v) is 3.11. The van der Waals surface area contributed by atoms with Crippen LogP contribution in [0, 0.1) is 25.2 Å². The second-order valence-corrected chi connectivity index (χ2v) is 6.45. The molecule has 136 valence electrons. The van der Waals surface area contributed by atoms with Crippen LogP contribution in [0.4, 0.5) is 0 Å². The average Bonchev–Trinajstić information content (AvgIpc) is 3.00. The minimum absolute atomic E-state index is 0.0489. The number of carbonyl (C=O) groups excluding carboxylic acids is 1. The Kier molecular flexibility index (Phi) is 5.59. The summed E-state index contributed by atoms with van der Waals surface area (Å²) in [7, 11) is 0. The molecule has 0 atom stereocenters. The molecule has 2 heterocycles.